The minimum atomic E-state index is -0.970. The van der Waals surface area contributed by atoms with Gasteiger partial charge in [-0.25, -0.2) is 18.2 Å². The van der Waals surface area contributed by atoms with Crippen molar-refractivity contribution in [1.82, 2.24) is 14.8 Å². The van der Waals surface area contributed by atoms with Gasteiger partial charge in [-0.15, -0.1) is 0 Å². The van der Waals surface area contributed by atoms with Crippen LogP contribution in [-0.4, -0.2) is 67.0 Å². The van der Waals surface area contributed by atoms with E-state index < -0.39 is 34.6 Å². The van der Waals surface area contributed by atoms with E-state index in [4.69, 9.17) is 9.47 Å². The van der Waals surface area contributed by atoms with E-state index >= 15 is 0 Å². The van der Waals surface area contributed by atoms with Gasteiger partial charge in [-0.1, -0.05) is 6.07 Å². The summed E-state index contributed by atoms with van der Waals surface area (Å²) in [5, 5.41) is 0. The number of methoxy groups -OCH3 is 2. The molecular weight excluding hydrogens is 487 g/mol. The Hall–Kier alpha value is -4.08. The Balaban J connectivity index is 1.26. The average Bonchev–Trinajstić information content (AvgIpc) is 2.82. The van der Waals surface area contributed by atoms with E-state index in [2.05, 4.69) is 4.98 Å². The van der Waals surface area contributed by atoms with Crippen molar-refractivity contribution in [3.63, 3.8) is 0 Å². The van der Waals surface area contributed by atoms with Gasteiger partial charge >= 0.3 is 0 Å². The normalized spacial score (nSPS) is 15.7. The number of likely N-dealkylation sites (tertiary alicyclic amines) is 2. The van der Waals surface area contributed by atoms with Gasteiger partial charge in [-0.3, -0.25) is 9.59 Å². The second-order valence-electron chi connectivity index (χ2n) is 9.47. The molecule has 0 N–H and O–H groups in total. The molecule has 0 saturated carbocycles. The summed E-state index contributed by atoms with van der Waals surface area (Å²) in [5.41, 5.74) is -0.226. The molecule has 2 aliphatic rings. The Morgan fingerprint density at radius 2 is 1.41 bits per heavy atom. The van der Waals surface area contributed by atoms with Gasteiger partial charge in [-0.2, -0.15) is 0 Å². The first-order valence-electron chi connectivity index (χ1n) is 11.6. The average molecular weight is 512 g/mol. The highest BCUT2D eigenvalue weighted by Crippen LogP contribution is 2.42. The zero-order chi connectivity index (χ0) is 26.5. The molecule has 37 heavy (non-hydrogen) atoms. The summed E-state index contributed by atoms with van der Waals surface area (Å²) in [6.07, 6.45) is 0. The van der Waals surface area contributed by atoms with Crippen molar-refractivity contribution in [2.75, 3.05) is 40.4 Å². The van der Waals surface area contributed by atoms with E-state index in [1.54, 1.807) is 17.0 Å². The van der Waals surface area contributed by atoms with E-state index in [9.17, 15) is 22.8 Å². The third-order valence-corrected chi connectivity index (χ3v) is 6.91. The third-order valence-electron chi connectivity index (χ3n) is 6.91. The topological polar surface area (TPSA) is 72.0 Å². The lowest BCUT2D eigenvalue weighted by atomic mass is 9.72. The van der Waals surface area contributed by atoms with Crippen molar-refractivity contribution in [3.8, 4) is 22.8 Å². The molecule has 0 aliphatic carbocycles. The maximum absolute atomic E-state index is 14.4. The summed E-state index contributed by atoms with van der Waals surface area (Å²) in [7, 11) is 3.04. The fourth-order valence-corrected chi connectivity index (χ4v) is 5.02. The van der Waals surface area contributed by atoms with E-state index in [1.807, 2.05) is 6.92 Å². The molecule has 7 nitrogen and oxygen atoms in total. The largest absolute Gasteiger partial charge is 0.493 e. The van der Waals surface area contributed by atoms with Crippen LogP contribution >= 0.6 is 0 Å². The van der Waals surface area contributed by atoms with Gasteiger partial charge in [0.1, 0.15) is 28.8 Å². The Labute approximate surface area is 211 Å². The molecule has 0 radical (unpaired) electrons. The summed E-state index contributed by atoms with van der Waals surface area (Å²) in [5.74, 6) is -2.46. The van der Waals surface area contributed by atoms with E-state index in [0.717, 1.165) is 23.8 Å². The van der Waals surface area contributed by atoms with Crippen molar-refractivity contribution >= 4 is 11.8 Å². The molecule has 2 amide bonds. The number of rotatable bonds is 5. The first-order valence-corrected chi connectivity index (χ1v) is 11.6. The molecule has 3 aromatic rings. The van der Waals surface area contributed by atoms with Crippen LogP contribution in [0.2, 0.25) is 0 Å². The van der Waals surface area contributed by atoms with Gasteiger partial charge in [0.2, 0.25) is 0 Å². The van der Waals surface area contributed by atoms with Crippen molar-refractivity contribution in [3.05, 3.63) is 76.7 Å². The Kier molecular flexibility index (Phi) is 6.05. The summed E-state index contributed by atoms with van der Waals surface area (Å²) >= 11 is 0. The first-order chi connectivity index (χ1) is 17.7. The molecule has 2 aliphatic heterocycles. The van der Waals surface area contributed by atoms with E-state index in [1.165, 1.54) is 31.3 Å². The van der Waals surface area contributed by atoms with Crippen LogP contribution < -0.4 is 9.47 Å². The molecule has 0 bridgehead atoms. The summed E-state index contributed by atoms with van der Waals surface area (Å²) in [4.78, 5) is 33.3. The van der Waals surface area contributed by atoms with Crippen LogP contribution in [0, 0.1) is 29.8 Å². The molecule has 1 spiro atoms. The van der Waals surface area contributed by atoms with Gasteiger partial charge < -0.3 is 19.3 Å². The summed E-state index contributed by atoms with van der Waals surface area (Å²) < 4.78 is 53.3. The molecule has 2 saturated heterocycles. The minimum Gasteiger partial charge on any atom is -0.493 e. The van der Waals surface area contributed by atoms with E-state index in [0.29, 0.717) is 43.2 Å². The fourth-order valence-electron chi connectivity index (χ4n) is 5.02. The highest BCUT2D eigenvalue weighted by molar-refractivity contribution is 5.97. The number of benzene rings is 2. The van der Waals surface area contributed by atoms with Gasteiger partial charge in [-0.05, 0) is 48.9 Å². The maximum Gasteiger partial charge on any atom is 0.272 e. The van der Waals surface area contributed by atoms with Crippen LogP contribution in [-0.2, 0) is 0 Å². The second kappa shape index (κ2) is 9.10. The van der Waals surface area contributed by atoms with Crippen LogP contribution in [0.3, 0.4) is 0 Å². The lowest BCUT2D eigenvalue weighted by Crippen LogP contribution is -2.73. The molecule has 1 aromatic heterocycles. The quantitative estimate of drug-likeness (QED) is 0.516. The SMILES string of the molecule is COc1cc(C)c(C(=O)N2CC3(CN(C(=O)c4ccc(F)c(-c5c(F)cccc5F)n4)C3)C2)cc1OC. The predicted octanol–water partition coefficient (Wildman–Crippen LogP) is 4.09. The van der Waals surface area contributed by atoms with Crippen molar-refractivity contribution < 1.29 is 32.2 Å². The minimum absolute atomic E-state index is 0.109. The number of halogens is 3. The van der Waals surface area contributed by atoms with Crippen molar-refractivity contribution in [2.45, 2.75) is 6.92 Å². The van der Waals surface area contributed by atoms with Gasteiger partial charge in [0.15, 0.2) is 11.5 Å². The number of amides is 2. The van der Waals surface area contributed by atoms with Crippen LogP contribution in [0.1, 0.15) is 26.4 Å². The number of ether oxygens (including phenoxy) is 2. The van der Waals surface area contributed by atoms with Crippen LogP contribution in [0.25, 0.3) is 11.3 Å². The third kappa shape index (κ3) is 4.16. The number of carbonyl (C=O) groups excluding carboxylic acids is 2. The lowest BCUT2D eigenvalue weighted by molar-refractivity contribution is -0.0823. The van der Waals surface area contributed by atoms with Gasteiger partial charge in [0.05, 0.1) is 19.8 Å². The molecule has 0 atom stereocenters. The standard InChI is InChI=1S/C27H24F3N3O4/c1-15-9-21(36-2)22(37-3)10-16(15)25(34)32-11-27(12-32)13-33(14-27)26(35)20-8-7-19(30)24(31-20)23-17(28)5-4-6-18(23)29/h4-10H,11-14H2,1-3H3. The van der Waals surface area contributed by atoms with Crippen molar-refractivity contribution in [1.29, 1.82) is 0 Å². The lowest BCUT2D eigenvalue weighted by Gasteiger charge is -2.60. The first kappa shape index (κ1) is 24.6. The Morgan fingerprint density at radius 1 is 0.838 bits per heavy atom. The number of carbonyl (C=O) groups is 2. The Bertz CT molecular complexity index is 1390. The monoisotopic (exact) mass is 511 g/mol. The number of aromatic nitrogens is 1. The van der Waals surface area contributed by atoms with Gasteiger partial charge in [0, 0.05) is 37.2 Å². The number of pyridine rings is 1. The molecule has 10 heteroatoms. The number of nitrogens with zero attached hydrogens (tertiary/aromatic N) is 3. The van der Waals surface area contributed by atoms with Crippen LogP contribution in [0.15, 0.2) is 42.5 Å². The second-order valence-corrected chi connectivity index (χ2v) is 9.47. The molecule has 192 valence electrons. The Morgan fingerprint density at radius 3 is 2.00 bits per heavy atom. The van der Waals surface area contributed by atoms with Crippen LogP contribution in [0.4, 0.5) is 13.2 Å². The molecule has 2 fully saturated rings. The zero-order valence-electron chi connectivity index (χ0n) is 20.5. The zero-order valence-corrected chi connectivity index (χ0v) is 20.5. The molecular formula is C27H24F3N3O4. The molecule has 5 rings (SSSR count). The smallest absolute Gasteiger partial charge is 0.272 e. The van der Waals surface area contributed by atoms with Crippen molar-refractivity contribution in [2.24, 2.45) is 5.41 Å². The van der Waals surface area contributed by atoms with E-state index in [-0.39, 0.29) is 17.0 Å². The molecule has 3 heterocycles. The molecule has 2 aromatic carbocycles. The predicted molar refractivity (Wildman–Crippen MR) is 128 cm³/mol. The fraction of sp³-hybridized carbons (Fsp3) is 0.296. The number of aryl methyl sites for hydroxylation is 1. The number of hydrogen-bond acceptors (Lipinski definition) is 5. The van der Waals surface area contributed by atoms with Crippen LogP contribution in [0.5, 0.6) is 11.5 Å². The highest BCUT2D eigenvalue weighted by Gasteiger charge is 2.54. The highest BCUT2D eigenvalue weighted by atomic mass is 19.1. The summed E-state index contributed by atoms with van der Waals surface area (Å²) in [6, 6.07) is 8.75. The maximum atomic E-state index is 14.4. The van der Waals surface area contributed by atoms with Gasteiger partial charge in [0.25, 0.3) is 11.8 Å². The summed E-state index contributed by atoms with van der Waals surface area (Å²) in [6.45, 7) is 3.56. The molecule has 0 unspecified atom stereocenters. The number of hydrogen-bond donors (Lipinski definition) is 0.